The van der Waals surface area contributed by atoms with Crippen LogP contribution < -0.4 is 5.32 Å². The molecule has 2 unspecified atom stereocenters. The van der Waals surface area contributed by atoms with Crippen molar-refractivity contribution in [3.8, 4) is 0 Å². The molecule has 0 saturated carbocycles. The molecule has 2 amide bonds. The molecule has 0 radical (unpaired) electrons. The van der Waals surface area contributed by atoms with Crippen molar-refractivity contribution in [2.75, 3.05) is 13.7 Å². The van der Waals surface area contributed by atoms with Crippen molar-refractivity contribution in [2.45, 2.75) is 38.8 Å². The first-order valence-corrected chi connectivity index (χ1v) is 5.25. The van der Waals surface area contributed by atoms with Crippen LogP contribution in [0, 0.1) is 0 Å². The zero-order chi connectivity index (χ0) is 11.4. The summed E-state index contributed by atoms with van der Waals surface area (Å²) in [5.41, 5.74) is 0. The highest BCUT2D eigenvalue weighted by atomic mass is 16.5. The summed E-state index contributed by atoms with van der Waals surface area (Å²) in [7, 11) is 1.32. The van der Waals surface area contributed by atoms with E-state index >= 15 is 0 Å². The van der Waals surface area contributed by atoms with Crippen molar-refractivity contribution in [1.82, 2.24) is 10.2 Å². The van der Waals surface area contributed by atoms with E-state index in [0.29, 0.717) is 6.54 Å². The summed E-state index contributed by atoms with van der Waals surface area (Å²) in [6.07, 6.45) is 1.18. The van der Waals surface area contributed by atoms with Crippen LogP contribution >= 0.6 is 0 Å². The second-order valence-electron chi connectivity index (χ2n) is 3.79. The minimum absolute atomic E-state index is 0.0824. The molecule has 0 aromatic carbocycles. The Bertz CT molecular complexity index is 255. The molecule has 0 aromatic heterocycles. The maximum atomic E-state index is 11.7. The third kappa shape index (κ3) is 2.61. The van der Waals surface area contributed by atoms with Gasteiger partial charge < -0.3 is 10.1 Å². The Morgan fingerprint density at radius 1 is 1.60 bits per heavy atom. The Labute approximate surface area is 89.8 Å². The number of nitrogens with one attached hydrogen (secondary N) is 1. The van der Waals surface area contributed by atoms with Gasteiger partial charge in [0.05, 0.1) is 7.11 Å². The van der Waals surface area contributed by atoms with Gasteiger partial charge in [-0.1, -0.05) is 6.92 Å². The molecule has 2 atom stereocenters. The first kappa shape index (κ1) is 11.8. The molecular formula is C10H18N2O3. The number of hydrogen-bond acceptors (Lipinski definition) is 3. The third-order valence-electron chi connectivity index (χ3n) is 2.73. The van der Waals surface area contributed by atoms with Gasteiger partial charge in [0.15, 0.2) is 0 Å². The first-order valence-electron chi connectivity index (χ1n) is 5.25. The highest BCUT2D eigenvalue weighted by Gasteiger charge is 2.38. The molecule has 1 fully saturated rings. The van der Waals surface area contributed by atoms with Gasteiger partial charge in [-0.3, -0.25) is 9.69 Å². The minimum Gasteiger partial charge on any atom is -0.453 e. The molecule has 86 valence electrons. The van der Waals surface area contributed by atoms with E-state index in [1.54, 1.807) is 0 Å². The Morgan fingerprint density at radius 3 is 2.67 bits per heavy atom. The van der Waals surface area contributed by atoms with Gasteiger partial charge in [0.2, 0.25) is 5.91 Å². The van der Waals surface area contributed by atoms with Crippen LogP contribution in [0.2, 0.25) is 0 Å². The number of methoxy groups -OCH3 is 1. The molecule has 0 aliphatic carbocycles. The molecule has 1 aliphatic heterocycles. The number of carbonyl (C=O) groups is 2. The Morgan fingerprint density at radius 2 is 2.27 bits per heavy atom. The van der Waals surface area contributed by atoms with Crippen LogP contribution in [-0.4, -0.2) is 42.6 Å². The molecule has 0 aromatic rings. The Hall–Kier alpha value is -1.26. The van der Waals surface area contributed by atoms with Crippen LogP contribution in [0.4, 0.5) is 4.79 Å². The quantitative estimate of drug-likeness (QED) is 0.754. The normalized spacial score (nSPS) is 21.5. The SMILES string of the molecule is CCC(C)NC(=O)C1CCN1C(=O)OC. The standard InChI is InChI=1S/C10H18N2O3/c1-4-7(2)11-9(13)8-5-6-12(8)10(14)15-3/h7-8H,4-6H2,1-3H3,(H,11,13). The minimum atomic E-state index is -0.425. The molecule has 5 heteroatoms. The first-order chi connectivity index (χ1) is 7.10. The van der Waals surface area contributed by atoms with Gasteiger partial charge in [-0.15, -0.1) is 0 Å². The molecule has 1 rings (SSSR count). The zero-order valence-corrected chi connectivity index (χ0v) is 9.45. The fraction of sp³-hybridized carbons (Fsp3) is 0.800. The van der Waals surface area contributed by atoms with Crippen LogP contribution in [0.15, 0.2) is 0 Å². The summed E-state index contributed by atoms with van der Waals surface area (Å²) in [5.74, 6) is -0.0824. The van der Waals surface area contributed by atoms with Gasteiger partial charge in [-0.2, -0.15) is 0 Å². The highest BCUT2D eigenvalue weighted by molar-refractivity contribution is 5.87. The lowest BCUT2D eigenvalue weighted by atomic mass is 10.0. The van der Waals surface area contributed by atoms with Crippen molar-refractivity contribution in [1.29, 1.82) is 0 Å². The van der Waals surface area contributed by atoms with Gasteiger partial charge in [0, 0.05) is 12.6 Å². The van der Waals surface area contributed by atoms with Crippen molar-refractivity contribution < 1.29 is 14.3 Å². The fourth-order valence-corrected chi connectivity index (χ4v) is 1.44. The summed E-state index contributed by atoms with van der Waals surface area (Å²) in [5, 5.41) is 2.85. The smallest absolute Gasteiger partial charge is 0.410 e. The predicted molar refractivity (Wildman–Crippen MR) is 55.4 cm³/mol. The number of amides is 2. The van der Waals surface area contributed by atoms with E-state index in [2.05, 4.69) is 10.1 Å². The number of hydrogen-bond donors (Lipinski definition) is 1. The molecule has 0 spiro atoms. The summed E-state index contributed by atoms with van der Waals surface area (Å²) in [6, 6.07) is -0.191. The van der Waals surface area contributed by atoms with Crippen LogP contribution in [0.3, 0.4) is 0 Å². The molecule has 5 nitrogen and oxygen atoms in total. The van der Waals surface area contributed by atoms with Crippen molar-refractivity contribution in [3.63, 3.8) is 0 Å². The van der Waals surface area contributed by atoms with Gasteiger partial charge >= 0.3 is 6.09 Å². The molecule has 1 aliphatic rings. The predicted octanol–water partition coefficient (Wildman–Crippen LogP) is 0.742. The van der Waals surface area contributed by atoms with Crippen LogP contribution in [0.5, 0.6) is 0 Å². The topological polar surface area (TPSA) is 58.6 Å². The maximum absolute atomic E-state index is 11.7. The Balaban J connectivity index is 2.44. The van der Waals surface area contributed by atoms with E-state index in [1.165, 1.54) is 12.0 Å². The van der Waals surface area contributed by atoms with E-state index in [0.717, 1.165) is 12.8 Å². The van der Waals surface area contributed by atoms with Gasteiger partial charge in [-0.05, 0) is 19.8 Å². The van der Waals surface area contributed by atoms with Crippen molar-refractivity contribution in [3.05, 3.63) is 0 Å². The van der Waals surface area contributed by atoms with Gasteiger partial charge in [0.25, 0.3) is 0 Å². The molecule has 0 bridgehead atoms. The molecule has 1 saturated heterocycles. The largest absolute Gasteiger partial charge is 0.453 e. The molecule has 15 heavy (non-hydrogen) atoms. The lowest BCUT2D eigenvalue weighted by molar-refractivity contribution is -0.130. The summed E-state index contributed by atoms with van der Waals surface area (Å²) >= 11 is 0. The number of nitrogens with zero attached hydrogens (tertiary/aromatic N) is 1. The monoisotopic (exact) mass is 214 g/mol. The average Bonchev–Trinajstić information content (AvgIpc) is 2.15. The summed E-state index contributed by atoms with van der Waals surface area (Å²) in [4.78, 5) is 24.3. The lowest BCUT2D eigenvalue weighted by Gasteiger charge is -2.38. The number of ether oxygens (including phenoxy) is 1. The maximum Gasteiger partial charge on any atom is 0.410 e. The molecule has 1 heterocycles. The summed E-state index contributed by atoms with van der Waals surface area (Å²) < 4.78 is 4.57. The van der Waals surface area contributed by atoms with E-state index < -0.39 is 6.09 Å². The molecular weight excluding hydrogens is 196 g/mol. The highest BCUT2D eigenvalue weighted by Crippen LogP contribution is 2.18. The van der Waals surface area contributed by atoms with Crippen molar-refractivity contribution >= 4 is 12.0 Å². The number of likely N-dealkylation sites (tertiary alicyclic amines) is 1. The number of rotatable bonds is 3. The van der Waals surface area contributed by atoms with E-state index in [9.17, 15) is 9.59 Å². The van der Waals surface area contributed by atoms with E-state index in [1.807, 2.05) is 13.8 Å². The fourth-order valence-electron chi connectivity index (χ4n) is 1.44. The van der Waals surface area contributed by atoms with E-state index in [4.69, 9.17) is 0 Å². The van der Waals surface area contributed by atoms with Crippen LogP contribution in [0.1, 0.15) is 26.7 Å². The third-order valence-corrected chi connectivity index (χ3v) is 2.73. The van der Waals surface area contributed by atoms with E-state index in [-0.39, 0.29) is 18.0 Å². The van der Waals surface area contributed by atoms with Gasteiger partial charge in [-0.25, -0.2) is 4.79 Å². The summed E-state index contributed by atoms with van der Waals surface area (Å²) in [6.45, 7) is 4.55. The average molecular weight is 214 g/mol. The number of carbonyl (C=O) groups excluding carboxylic acids is 2. The molecule has 1 N–H and O–H groups in total. The second-order valence-corrected chi connectivity index (χ2v) is 3.79. The van der Waals surface area contributed by atoms with Gasteiger partial charge in [0.1, 0.15) is 6.04 Å². The second kappa shape index (κ2) is 5.00. The van der Waals surface area contributed by atoms with Crippen LogP contribution in [0.25, 0.3) is 0 Å². The lowest BCUT2D eigenvalue weighted by Crippen LogP contribution is -2.59. The Kier molecular flexibility index (Phi) is 3.94. The van der Waals surface area contributed by atoms with Crippen molar-refractivity contribution in [2.24, 2.45) is 0 Å². The van der Waals surface area contributed by atoms with Crippen LogP contribution in [-0.2, 0) is 9.53 Å². The zero-order valence-electron chi connectivity index (χ0n) is 9.45.